The van der Waals surface area contributed by atoms with Gasteiger partial charge in [0.05, 0.1) is 10.1 Å². The summed E-state index contributed by atoms with van der Waals surface area (Å²) in [6, 6.07) is 0. The van der Waals surface area contributed by atoms with Gasteiger partial charge in [0.1, 0.15) is 0 Å². The first kappa shape index (κ1) is 34.1. The molecule has 0 aromatic carbocycles. The van der Waals surface area contributed by atoms with Crippen molar-refractivity contribution < 1.29 is 42.5 Å². The van der Waals surface area contributed by atoms with E-state index in [-0.39, 0.29) is 29.6 Å². The van der Waals surface area contributed by atoms with E-state index in [1.54, 1.807) is 0 Å². The minimum Gasteiger partial charge on any atom is -0.748 e. The number of hydrogen-bond donors (Lipinski definition) is 0. The summed E-state index contributed by atoms with van der Waals surface area (Å²) >= 11 is 0. The Morgan fingerprint density at radius 1 is 0.484 bits per heavy atom. The Hall–Kier alpha value is 0.910. The molecule has 0 heterocycles. The van der Waals surface area contributed by atoms with Crippen LogP contribution in [0.4, 0.5) is 0 Å². The normalized spacial score (nSPS) is 12.6. The van der Waals surface area contributed by atoms with Crippen molar-refractivity contribution in [2.24, 2.45) is 0 Å². The summed E-state index contributed by atoms with van der Waals surface area (Å²) < 4.78 is 34.7. The standard InChI is InChI=1S/C26H54O3S.Na/c1-3-5-7-9-11-13-14-15-16-17-19-21-23-25-26(30(27,28)29)24-22-20-18-12-10-8-6-4-2;/h26H,3-25H2,1-2H3,(H,27,28,29);/q;+1/p-1. The maximum atomic E-state index is 11.6. The zero-order valence-electron chi connectivity index (χ0n) is 21.5. The van der Waals surface area contributed by atoms with Gasteiger partial charge in [-0.25, -0.2) is 8.42 Å². The minimum atomic E-state index is -4.14. The molecule has 0 aromatic rings. The average molecular weight is 469 g/mol. The smallest absolute Gasteiger partial charge is 0.748 e. The van der Waals surface area contributed by atoms with Gasteiger partial charge in [-0.1, -0.05) is 149 Å². The van der Waals surface area contributed by atoms with Crippen LogP contribution in [0, 0.1) is 0 Å². The quantitative estimate of drug-likeness (QED) is 0.100. The maximum Gasteiger partial charge on any atom is 1.00 e. The Balaban J connectivity index is 0. The van der Waals surface area contributed by atoms with Crippen LogP contribution < -0.4 is 29.6 Å². The molecule has 0 radical (unpaired) electrons. The molecule has 0 aliphatic carbocycles. The van der Waals surface area contributed by atoms with Gasteiger partial charge >= 0.3 is 29.6 Å². The van der Waals surface area contributed by atoms with Crippen molar-refractivity contribution in [3.63, 3.8) is 0 Å². The summed E-state index contributed by atoms with van der Waals surface area (Å²) in [5, 5.41) is -0.648. The summed E-state index contributed by atoms with van der Waals surface area (Å²) in [7, 11) is -4.14. The largest absolute Gasteiger partial charge is 1.00 e. The molecule has 5 heteroatoms. The van der Waals surface area contributed by atoms with Crippen molar-refractivity contribution in [1.29, 1.82) is 0 Å². The Morgan fingerprint density at radius 2 is 0.710 bits per heavy atom. The summed E-state index contributed by atoms with van der Waals surface area (Å²) in [6.07, 6.45) is 27.4. The SMILES string of the molecule is CCCCCCCCCCCCCCCC(CCCCCCCCCC)S(=O)(=O)[O-].[Na+]. The van der Waals surface area contributed by atoms with Gasteiger partial charge in [0.15, 0.2) is 0 Å². The van der Waals surface area contributed by atoms with Crippen molar-refractivity contribution in [1.82, 2.24) is 0 Å². The van der Waals surface area contributed by atoms with E-state index in [1.165, 1.54) is 109 Å². The molecule has 0 aliphatic heterocycles. The second kappa shape index (κ2) is 25.5. The number of hydrogen-bond acceptors (Lipinski definition) is 3. The van der Waals surface area contributed by atoms with Gasteiger partial charge in [0, 0.05) is 5.25 Å². The minimum absolute atomic E-state index is 0. The molecule has 0 bridgehead atoms. The van der Waals surface area contributed by atoms with Gasteiger partial charge in [0.2, 0.25) is 0 Å². The molecule has 0 N–H and O–H groups in total. The molecule has 0 aromatic heterocycles. The summed E-state index contributed by atoms with van der Waals surface area (Å²) in [5.41, 5.74) is 0. The van der Waals surface area contributed by atoms with Gasteiger partial charge in [0.25, 0.3) is 0 Å². The Morgan fingerprint density at radius 3 is 0.935 bits per heavy atom. The molecule has 0 spiro atoms. The van der Waals surface area contributed by atoms with E-state index in [1.807, 2.05) is 0 Å². The molecular weight excluding hydrogens is 415 g/mol. The van der Waals surface area contributed by atoms with E-state index in [0.29, 0.717) is 12.8 Å². The topological polar surface area (TPSA) is 57.2 Å². The molecule has 1 unspecified atom stereocenters. The third kappa shape index (κ3) is 25.4. The van der Waals surface area contributed by atoms with Crippen LogP contribution >= 0.6 is 0 Å². The van der Waals surface area contributed by atoms with E-state index in [0.717, 1.165) is 25.7 Å². The van der Waals surface area contributed by atoms with Crippen LogP contribution in [-0.4, -0.2) is 18.2 Å². The van der Waals surface area contributed by atoms with Gasteiger partial charge in [-0.3, -0.25) is 0 Å². The predicted octanol–water partition coefficient (Wildman–Crippen LogP) is 5.92. The Kier molecular flexibility index (Phi) is 28.1. The van der Waals surface area contributed by atoms with E-state index >= 15 is 0 Å². The van der Waals surface area contributed by atoms with Gasteiger partial charge in [-0.2, -0.15) is 0 Å². The molecule has 3 nitrogen and oxygen atoms in total. The molecular formula is C26H53NaO3S. The summed E-state index contributed by atoms with van der Waals surface area (Å²) in [6.45, 7) is 4.48. The zero-order chi connectivity index (χ0) is 22.3. The maximum absolute atomic E-state index is 11.6. The van der Waals surface area contributed by atoms with Crippen LogP contribution in [0.2, 0.25) is 0 Å². The molecule has 0 saturated heterocycles. The second-order valence-corrected chi connectivity index (χ2v) is 11.1. The van der Waals surface area contributed by atoms with Crippen LogP contribution in [0.25, 0.3) is 0 Å². The van der Waals surface area contributed by atoms with E-state index in [9.17, 15) is 13.0 Å². The first-order valence-electron chi connectivity index (χ1n) is 13.5. The Labute approximate surface area is 218 Å². The average Bonchev–Trinajstić information content (AvgIpc) is 2.70. The fourth-order valence-corrected chi connectivity index (χ4v) is 5.24. The van der Waals surface area contributed by atoms with E-state index in [2.05, 4.69) is 13.8 Å². The first-order chi connectivity index (χ1) is 14.5. The molecule has 0 saturated carbocycles. The summed E-state index contributed by atoms with van der Waals surface area (Å²) in [4.78, 5) is 0. The fraction of sp³-hybridized carbons (Fsp3) is 1.00. The van der Waals surface area contributed by atoms with Crippen LogP contribution in [0.15, 0.2) is 0 Å². The fourth-order valence-electron chi connectivity index (χ4n) is 4.33. The van der Waals surface area contributed by atoms with Crippen molar-refractivity contribution in [2.75, 3.05) is 0 Å². The van der Waals surface area contributed by atoms with Gasteiger partial charge in [-0.05, 0) is 12.8 Å². The monoisotopic (exact) mass is 468 g/mol. The molecule has 1 atom stereocenters. The zero-order valence-corrected chi connectivity index (χ0v) is 24.3. The second-order valence-electron chi connectivity index (χ2n) is 9.41. The first-order valence-corrected chi connectivity index (χ1v) is 14.9. The predicted molar refractivity (Wildman–Crippen MR) is 131 cm³/mol. The van der Waals surface area contributed by atoms with Gasteiger partial charge < -0.3 is 4.55 Å². The van der Waals surface area contributed by atoms with Crippen LogP contribution in [0.1, 0.15) is 162 Å². The van der Waals surface area contributed by atoms with E-state index < -0.39 is 15.4 Å². The molecule has 0 rings (SSSR count). The van der Waals surface area contributed by atoms with Crippen LogP contribution in [0.3, 0.4) is 0 Å². The molecule has 0 aliphatic rings. The third-order valence-corrected chi connectivity index (χ3v) is 7.71. The molecule has 0 fully saturated rings. The molecule has 0 amide bonds. The van der Waals surface area contributed by atoms with Crippen LogP contribution in [-0.2, 0) is 10.1 Å². The number of rotatable bonds is 24. The Bertz CT molecular complexity index is 440. The van der Waals surface area contributed by atoms with Gasteiger partial charge in [-0.15, -0.1) is 0 Å². The van der Waals surface area contributed by atoms with Crippen molar-refractivity contribution in [3.8, 4) is 0 Å². The third-order valence-electron chi connectivity index (χ3n) is 6.42. The number of unbranched alkanes of at least 4 members (excludes halogenated alkanes) is 19. The molecule has 182 valence electrons. The van der Waals surface area contributed by atoms with Crippen molar-refractivity contribution >= 4 is 10.1 Å². The van der Waals surface area contributed by atoms with Crippen molar-refractivity contribution in [2.45, 2.75) is 167 Å². The summed E-state index contributed by atoms with van der Waals surface area (Å²) in [5.74, 6) is 0. The molecule has 31 heavy (non-hydrogen) atoms. The van der Waals surface area contributed by atoms with E-state index in [4.69, 9.17) is 0 Å². The van der Waals surface area contributed by atoms with Crippen molar-refractivity contribution in [3.05, 3.63) is 0 Å². The van der Waals surface area contributed by atoms with Crippen LogP contribution in [0.5, 0.6) is 0 Å².